The van der Waals surface area contributed by atoms with Crippen molar-refractivity contribution < 1.29 is 18.7 Å². The number of carbonyl (C=O) groups is 2. The van der Waals surface area contributed by atoms with Gasteiger partial charge in [-0.1, -0.05) is 28.8 Å². The molecule has 0 unspecified atom stereocenters. The Morgan fingerprint density at radius 2 is 1.93 bits per heavy atom. The number of carbonyl (C=O) groups excluding carboxylic acids is 2. The molecule has 0 bridgehead atoms. The summed E-state index contributed by atoms with van der Waals surface area (Å²) in [6, 6.07) is 14.3. The minimum Gasteiger partial charge on any atom is -0.497 e. The highest BCUT2D eigenvalue weighted by Gasteiger charge is 2.35. The van der Waals surface area contributed by atoms with Gasteiger partial charge in [0.15, 0.2) is 0 Å². The molecule has 8 nitrogen and oxygen atoms in total. The van der Waals surface area contributed by atoms with Gasteiger partial charge in [0.1, 0.15) is 5.75 Å². The van der Waals surface area contributed by atoms with Gasteiger partial charge in [-0.2, -0.15) is 0 Å². The summed E-state index contributed by atoms with van der Waals surface area (Å²) >= 11 is 5.85. The summed E-state index contributed by atoms with van der Waals surface area (Å²) in [6.45, 7) is 0.422. The minimum atomic E-state index is -0.283. The zero-order valence-corrected chi connectivity index (χ0v) is 16.9. The molecule has 0 aliphatic carbocycles. The van der Waals surface area contributed by atoms with E-state index in [2.05, 4.69) is 15.5 Å². The van der Waals surface area contributed by atoms with Gasteiger partial charge in [0.05, 0.1) is 19.4 Å². The van der Waals surface area contributed by atoms with Crippen LogP contribution in [0.15, 0.2) is 52.9 Å². The van der Waals surface area contributed by atoms with Crippen LogP contribution in [0.2, 0.25) is 5.02 Å². The van der Waals surface area contributed by atoms with Gasteiger partial charge in [0, 0.05) is 23.7 Å². The second-order valence-corrected chi connectivity index (χ2v) is 7.34. The van der Waals surface area contributed by atoms with Gasteiger partial charge in [0.2, 0.25) is 17.7 Å². The lowest BCUT2D eigenvalue weighted by molar-refractivity contribution is -0.117. The van der Waals surface area contributed by atoms with Crippen molar-refractivity contribution in [3.05, 3.63) is 65.0 Å². The molecule has 3 aromatic rings. The second-order valence-electron chi connectivity index (χ2n) is 6.90. The fraction of sp³-hybridized carbons (Fsp3) is 0.238. The number of anilines is 2. The third kappa shape index (κ3) is 4.44. The molecular formula is C21H19ClN4O4. The first kappa shape index (κ1) is 19.9. The van der Waals surface area contributed by atoms with Gasteiger partial charge in [-0.3, -0.25) is 14.9 Å². The maximum absolute atomic E-state index is 12.5. The average Bonchev–Trinajstić information content (AvgIpc) is 3.36. The molecule has 30 heavy (non-hydrogen) atoms. The first-order chi connectivity index (χ1) is 14.5. The van der Waals surface area contributed by atoms with Crippen LogP contribution in [-0.2, 0) is 16.0 Å². The fourth-order valence-corrected chi connectivity index (χ4v) is 3.41. The van der Waals surface area contributed by atoms with Crippen molar-refractivity contribution in [2.45, 2.75) is 18.8 Å². The Bertz CT molecular complexity index is 1050. The molecule has 9 heteroatoms. The van der Waals surface area contributed by atoms with Crippen LogP contribution in [0.3, 0.4) is 0 Å². The highest BCUT2D eigenvalue weighted by Crippen LogP contribution is 2.32. The number of hydrogen-bond donors (Lipinski definition) is 1. The molecule has 0 saturated carbocycles. The van der Waals surface area contributed by atoms with Crippen LogP contribution in [0.4, 0.5) is 11.7 Å². The molecule has 2 aromatic carbocycles. The molecule has 1 N–H and O–H groups in total. The molecule has 1 fully saturated rings. The zero-order valence-electron chi connectivity index (χ0n) is 16.2. The molecule has 0 spiro atoms. The maximum atomic E-state index is 12.5. The summed E-state index contributed by atoms with van der Waals surface area (Å²) in [7, 11) is 1.59. The van der Waals surface area contributed by atoms with E-state index in [1.807, 2.05) is 12.1 Å². The lowest BCUT2D eigenvalue weighted by atomic mass is 10.1. The molecule has 1 aromatic heterocycles. The van der Waals surface area contributed by atoms with E-state index in [1.54, 1.807) is 48.4 Å². The number of methoxy groups -OCH3 is 1. The molecule has 2 amide bonds. The monoisotopic (exact) mass is 426 g/mol. The van der Waals surface area contributed by atoms with Gasteiger partial charge >= 0.3 is 6.01 Å². The number of nitrogens with zero attached hydrogens (tertiary/aromatic N) is 3. The number of benzene rings is 2. The summed E-state index contributed by atoms with van der Waals surface area (Å²) < 4.78 is 10.7. The van der Waals surface area contributed by atoms with Crippen molar-refractivity contribution in [2.24, 2.45) is 0 Å². The Balaban J connectivity index is 1.38. The first-order valence-corrected chi connectivity index (χ1v) is 9.72. The van der Waals surface area contributed by atoms with Crippen molar-refractivity contribution in [3.8, 4) is 5.75 Å². The summed E-state index contributed by atoms with van der Waals surface area (Å²) in [6.07, 6.45) is 0.411. The number of amides is 2. The lowest BCUT2D eigenvalue weighted by Crippen LogP contribution is -2.24. The van der Waals surface area contributed by atoms with Crippen LogP contribution >= 0.6 is 11.6 Å². The highest BCUT2D eigenvalue weighted by atomic mass is 35.5. The largest absolute Gasteiger partial charge is 0.497 e. The Hall–Kier alpha value is -3.39. The van der Waals surface area contributed by atoms with E-state index in [9.17, 15) is 9.59 Å². The van der Waals surface area contributed by atoms with E-state index in [0.717, 1.165) is 17.0 Å². The smallest absolute Gasteiger partial charge is 0.322 e. The Kier molecular flexibility index (Phi) is 5.67. The van der Waals surface area contributed by atoms with Gasteiger partial charge in [-0.05, 0) is 42.0 Å². The molecule has 154 valence electrons. The summed E-state index contributed by atoms with van der Waals surface area (Å²) in [5.74, 6) is 0.486. The number of ether oxygens (including phenoxy) is 1. The van der Waals surface area contributed by atoms with Crippen molar-refractivity contribution in [1.82, 2.24) is 10.2 Å². The minimum absolute atomic E-state index is 0.0132. The average molecular weight is 427 g/mol. The van der Waals surface area contributed by atoms with Crippen LogP contribution in [0.5, 0.6) is 5.75 Å². The molecule has 1 atom stereocenters. The van der Waals surface area contributed by atoms with Crippen molar-refractivity contribution in [2.75, 3.05) is 23.9 Å². The number of hydrogen-bond acceptors (Lipinski definition) is 6. The van der Waals surface area contributed by atoms with E-state index in [-0.39, 0.29) is 36.6 Å². The van der Waals surface area contributed by atoms with Crippen molar-refractivity contribution >= 4 is 35.1 Å². The van der Waals surface area contributed by atoms with Gasteiger partial charge in [-0.25, -0.2) is 0 Å². The van der Waals surface area contributed by atoms with E-state index in [1.165, 1.54) is 0 Å². The standard InChI is InChI=1S/C21H19ClN4O4/c1-29-17-8-6-16(7-9-17)26-12-14(11-19(26)28)20-24-25-21(30-20)23-18(27)10-13-2-4-15(22)5-3-13/h2-9,14H,10-12H2,1H3,(H,23,25,27)/t14-/m1/s1. The predicted octanol–water partition coefficient (Wildman–Crippen LogP) is 3.43. The lowest BCUT2D eigenvalue weighted by Gasteiger charge is -2.16. The first-order valence-electron chi connectivity index (χ1n) is 9.34. The number of nitrogens with one attached hydrogen (secondary N) is 1. The van der Waals surface area contributed by atoms with E-state index >= 15 is 0 Å². The third-order valence-electron chi connectivity index (χ3n) is 4.82. The van der Waals surface area contributed by atoms with Crippen LogP contribution in [0, 0.1) is 0 Å². The molecule has 1 saturated heterocycles. The molecule has 0 radical (unpaired) electrons. The quantitative estimate of drug-likeness (QED) is 0.648. The topological polar surface area (TPSA) is 97.6 Å². The summed E-state index contributed by atoms with van der Waals surface area (Å²) in [5.41, 5.74) is 1.59. The number of halogens is 1. The number of rotatable bonds is 6. The SMILES string of the molecule is COc1ccc(N2C[C@H](c3nnc(NC(=O)Cc4ccc(Cl)cc4)o3)CC2=O)cc1. The zero-order chi connectivity index (χ0) is 21.1. The summed E-state index contributed by atoms with van der Waals surface area (Å²) in [5, 5.41) is 11.1. The van der Waals surface area contributed by atoms with Gasteiger partial charge in [0.25, 0.3) is 0 Å². The predicted molar refractivity (Wildman–Crippen MR) is 111 cm³/mol. The van der Waals surface area contributed by atoms with E-state index in [4.69, 9.17) is 20.8 Å². The Labute approximate surface area is 177 Å². The van der Waals surface area contributed by atoms with Crippen molar-refractivity contribution in [1.29, 1.82) is 0 Å². The van der Waals surface area contributed by atoms with Gasteiger partial charge < -0.3 is 14.1 Å². The Morgan fingerprint density at radius 3 is 2.63 bits per heavy atom. The molecule has 4 rings (SSSR count). The summed E-state index contributed by atoms with van der Waals surface area (Å²) in [4.78, 5) is 26.3. The van der Waals surface area contributed by atoms with Crippen LogP contribution in [-0.4, -0.2) is 35.7 Å². The normalized spacial score (nSPS) is 16.0. The van der Waals surface area contributed by atoms with Crippen molar-refractivity contribution in [3.63, 3.8) is 0 Å². The fourth-order valence-electron chi connectivity index (χ4n) is 3.29. The van der Waals surface area contributed by atoms with Crippen LogP contribution in [0.25, 0.3) is 0 Å². The van der Waals surface area contributed by atoms with E-state index in [0.29, 0.717) is 17.5 Å². The number of aromatic nitrogens is 2. The van der Waals surface area contributed by atoms with Crippen LogP contribution < -0.4 is 15.0 Å². The van der Waals surface area contributed by atoms with Gasteiger partial charge in [-0.15, -0.1) is 5.10 Å². The van der Waals surface area contributed by atoms with E-state index < -0.39 is 0 Å². The maximum Gasteiger partial charge on any atom is 0.322 e. The molecule has 2 heterocycles. The molecular weight excluding hydrogens is 408 g/mol. The Morgan fingerprint density at radius 1 is 1.20 bits per heavy atom. The second kappa shape index (κ2) is 8.54. The highest BCUT2D eigenvalue weighted by molar-refractivity contribution is 6.30. The molecule has 1 aliphatic heterocycles. The third-order valence-corrected chi connectivity index (χ3v) is 5.08. The molecule has 1 aliphatic rings. The van der Waals surface area contributed by atoms with Crippen LogP contribution in [0.1, 0.15) is 23.8 Å².